The molecule has 0 unspecified atom stereocenters. The lowest BCUT2D eigenvalue weighted by atomic mass is 10.2. The van der Waals surface area contributed by atoms with E-state index in [0.29, 0.717) is 24.1 Å². The first-order valence-corrected chi connectivity index (χ1v) is 7.46. The number of carbonyl (C=O) groups excluding carboxylic acids is 1. The summed E-state index contributed by atoms with van der Waals surface area (Å²) < 4.78 is 0. The Labute approximate surface area is 131 Å². The van der Waals surface area contributed by atoms with Gasteiger partial charge >= 0.3 is 0 Å². The number of anilines is 1. The predicted octanol–water partition coefficient (Wildman–Crippen LogP) is 2.78. The van der Waals surface area contributed by atoms with E-state index in [1.807, 2.05) is 37.3 Å². The second-order valence-electron chi connectivity index (χ2n) is 5.66. The van der Waals surface area contributed by atoms with E-state index in [4.69, 9.17) is 0 Å². The van der Waals surface area contributed by atoms with Gasteiger partial charge in [-0.05, 0) is 24.5 Å². The Bertz CT molecular complexity index is 626. The third-order valence-corrected chi connectivity index (χ3v) is 3.05. The Hall–Kier alpha value is -2.43. The minimum atomic E-state index is -0.193. The molecule has 5 nitrogen and oxygen atoms in total. The number of rotatable bonds is 6. The van der Waals surface area contributed by atoms with Crippen LogP contribution in [0.5, 0.6) is 0 Å². The van der Waals surface area contributed by atoms with Crippen molar-refractivity contribution in [2.45, 2.75) is 27.3 Å². The number of aryl methyl sites for hydroxylation is 1. The topological polar surface area (TPSA) is 66.9 Å². The molecule has 5 heteroatoms. The van der Waals surface area contributed by atoms with Gasteiger partial charge in [0.05, 0.1) is 0 Å². The molecule has 2 aromatic rings. The molecule has 1 heterocycles. The molecule has 0 aliphatic carbocycles. The van der Waals surface area contributed by atoms with Gasteiger partial charge in [-0.2, -0.15) is 0 Å². The summed E-state index contributed by atoms with van der Waals surface area (Å²) >= 11 is 0. The highest BCUT2D eigenvalue weighted by molar-refractivity contribution is 5.92. The molecule has 2 rings (SSSR count). The van der Waals surface area contributed by atoms with Gasteiger partial charge in [0.15, 0.2) is 0 Å². The van der Waals surface area contributed by atoms with Gasteiger partial charge in [0, 0.05) is 18.8 Å². The van der Waals surface area contributed by atoms with Crippen LogP contribution in [0.3, 0.4) is 0 Å². The smallest absolute Gasteiger partial charge is 0.270 e. The summed E-state index contributed by atoms with van der Waals surface area (Å²) in [5, 5.41) is 6.03. The van der Waals surface area contributed by atoms with E-state index < -0.39 is 0 Å². The van der Waals surface area contributed by atoms with Crippen molar-refractivity contribution >= 4 is 11.9 Å². The average molecular weight is 298 g/mol. The summed E-state index contributed by atoms with van der Waals surface area (Å²) in [7, 11) is 0. The summed E-state index contributed by atoms with van der Waals surface area (Å²) in [6.07, 6.45) is 0. The van der Waals surface area contributed by atoms with Crippen LogP contribution in [0.2, 0.25) is 0 Å². The van der Waals surface area contributed by atoms with Gasteiger partial charge in [0.1, 0.15) is 5.69 Å². The largest absolute Gasteiger partial charge is 0.354 e. The molecule has 1 aromatic heterocycles. The van der Waals surface area contributed by atoms with Crippen LogP contribution in [0.15, 0.2) is 36.4 Å². The molecule has 116 valence electrons. The average Bonchev–Trinajstić information content (AvgIpc) is 2.51. The molecule has 1 aromatic carbocycles. The molecular formula is C17H22N4O. The third kappa shape index (κ3) is 4.84. The molecule has 1 amide bonds. The second kappa shape index (κ2) is 7.54. The fraction of sp³-hybridized carbons (Fsp3) is 0.353. The number of benzene rings is 1. The number of amides is 1. The number of hydrogen-bond acceptors (Lipinski definition) is 4. The first kappa shape index (κ1) is 15.9. The maximum absolute atomic E-state index is 12.2. The number of nitrogens with zero attached hydrogens (tertiary/aromatic N) is 2. The number of nitrogens with one attached hydrogen (secondary N) is 2. The summed E-state index contributed by atoms with van der Waals surface area (Å²) in [6.45, 7) is 7.33. The van der Waals surface area contributed by atoms with Crippen LogP contribution >= 0.6 is 0 Å². The van der Waals surface area contributed by atoms with Crippen LogP contribution in [0.4, 0.5) is 5.95 Å². The quantitative estimate of drug-likeness (QED) is 0.860. The Kier molecular flexibility index (Phi) is 5.47. The lowest BCUT2D eigenvalue weighted by Gasteiger charge is -2.10. The molecule has 0 atom stereocenters. The predicted molar refractivity (Wildman–Crippen MR) is 87.7 cm³/mol. The maximum atomic E-state index is 12.2. The van der Waals surface area contributed by atoms with Crippen LogP contribution in [-0.4, -0.2) is 22.4 Å². The van der Waals surface area contributed by atoms with Crippen LogP contribution in [0.1, 0.15) is 35.6 Å². The summed E-state index contributed by atoms with van der Waals surface area (Å²) in [5.74, 6) is 0.792. The van der Waals surface area contributed by atoms with Gasteiger partial charge in [-0.1, -0.05) is 44.2 Å². The van der Waals surface area contributed by atoms with E-state index in [-0.39, 0.29) is 5.91 Å². The fourth-order valence-electron chi connectivity index (χ4n) is 1.93. The molecule has 0 aliphatic rings. The zero-order chi connectivity index (χ0) is 15.9. The van der Waals surface area contributed by atoms with Gasteiger partial charge in [-0.3, -0.25) is 4.79 Å². The molecule has 0 radical (unpaired) electrons. The number of hydrogen-bond donors (Lipinski definition) is 2. The lowest BCUT2D eigenvalue weighted by Crippen LogP contribution is -2.24. The SMILES string of the molecule is Cc1cc(C(=O)NCc2ccccc2)nc(NCC(C)C)n1. The first-order valence-electron chi connectivity index (χ1n) is 7.46. The van der Waals surface area contributed by atoms with E-state index in [2.05, 4.69) is 34.4 Å². The minimum Gasteiger partial charge on any atom is -0.354 e. The van der Waals surface area contributed by atoms with Crippen molar-refractivity contribution in [2.75, 3.05) is 11.9 Å². The standard InChI is InChI=1S/C17H22N4O/c1-12(2)10-19-17-20-13(3)9-15(21-17)16(22)18-11-14-7-5-4-6-8-14/h4-9,12H,10-11H2,1-3H3,(H,18,22)(H,19,20,21). The van der Waals surface area contributed by atoms with Gasteiger partial charge in [-0.15, -0.1) is 0 Å². The Morgan fingerprint density at radius 1 is 1.18 bits per heavy atom. The molecular weight excluding hydrogens is 276 g/mol. The molecule has 0 fully saturated rings. The van der Waals surface area contributed by atoms with Crippen molar-refractivity contribution in [1.29, 1.82) is 0 Å². The van der Waals surface area contributed by atoms with E-state index in [0.717, 1.165) is 17.8 Å². The van der Waals surface area contributed by atoms with Gasteiger partial charge < -0.3 is 10.6 Å². The minimum absolute atomic E-state index is 0.193. The van der Waals surface area contributed by atoms with E-state index in [1.54, 1.807) is 6.07 Å². The summed E-state index contributed by atoms with van der Waals surface area (Å²) in [4.78, 5) is 20.8. The fourth-order valence-corrected chi connectivity index (χ4v) is 1.93. The van der Waals surface area contributed by atoms with Crippen molar-refractivity contribution in [3.05, 3.63) is 53.3 Å². The maximum Gasteiger partial charge on any atom is 0.270 e. The monoisotopic (exact) mass is 298 g/mol. The molecule has 0 saturated heterocycles. The Morgan fingerprint density at radius 3 is 2.59 bits per heavy atom. The highest BCUT2D eigenvalue weighted by Gasteiger charge is 2.10. The third-order valence-electron chi connectivity index (χ3n) is 3.05. The van der Waals surface area contributed by atoms with Gasteiger partial charge in [0.25, 0.3) is 5.91 Å². The summed E-state index contributed by atoms with van der Waals surface area (Å²) in [5.41, 5.74) is 2.21. The van der Waals surface area contributed by atoms with Crippen molar-refractivity contribution in [3.63, 3.8) is 0 Å². The highest BCUT2D eigenvalue weighted by atomic mass is 16.1. The van der Waals surface area contributed by atoms with Crippen molar-refractivity contribution in [1.82, 2.24) is 15.3 Å². The molecule has 0 bridgehead atoms. The lowest BCUT2D eigenvalue weighted by molar-refractivity contribution is 0.0945. The zero-order valence-electron chi connectivity index (χ0n) is 13.3. The number of aromatic nitrogens is 2. The number of carbonyl (C=O) groups is 1. The molecule has 0 spiro atoms. The second-order valence-corrected chi connectivity index (χ2v) is 5.66. The van der Waals surface area contributed by atoms with E-state index in [1.165, 1.54) is 0 Å². The van der Waals surface area contributed by atoms with Crippen LogP contribution in [0.25, 0.3) is 0 Å². The first-order chi connectivity index (χ1) is 10.5. The zero-order valence-corrected chi connectivity index (χ0v) is 13.3. The van der Waals surface area contributed by atoms with Gasteiger partial charge in [0.2, 0.25) is 5.95 Å². The van der Waals surface area contributed by atoms with E-state index >= 15 is 0 Å². The highest BCUT2D eigenvalue weighted by Crippen LogP contribution is 2.07. The molecule has 0 aliphatic heterocycles. The van der Waals surface area contributed by atoms with E-state index in [9.17, 15) is 4.79 Å². The normalized spacial score (nSPS) is 10.5. The van der Waals surface area contributed by atoms with Crippen molar-refractivity contribution < 1.29 is 4.79 Å². The Balaban J connectivity index is 2.02. The van der Waals surface area contributed by atoms with Crippen molar-refractivity contribution in [2.24, 2.45) is 5.92 Å². The molecule has 0 saturated carbocycles. The van der Waals surface area contributed by atoms with Crippen LogP contribution in [-0.2, 0) is 6.54 Å². The van der Waals surface area contributed by atoms with Gasteiger partial charge in [-0.25, -0.2) is 9.97 Å². The van der Waals surface area contributed by atoms with Crippen LogP contribution < -0.4 is 10.6 Å². The van der Waals surface area contributed by atoms with Crippen LogP contribution in [0, 0.1) is 12.8 Å². The molecule has 2 N–H and O–H groups in total. The Morgan fingerprint density at radius 2 is 1.91 bits per heavy atom. The van der Waals surface area contributed by atoms with Crippen molar-refractivity contribution in [3.8, 4) is 0 Å². The summed E-state index contributed by atoms with van der Waals surface area (Å²) in [6, 6.07) is 11.5. The molecule has 22 heavy (non-hydrogen) atoms.